The van der Waals surface area contributed by atoms with Gasteiger partial charge in [0, 0.05) is 37.8 Å². The molecular formula is C18H24N4O3S. The zero-order chi connectivity index (χ0) is 18.6. The number of carbonyl (C=O) groups is 1. The number of fused-ring (bicyclic) bond motifs is 1. The molecule has 1 aromatic carbocycles. The van der Waals surface area contributed by atoms with Crippen molar-refractivity contribution in [2.45, 2.75) is 50.7 Å². The number of rotatable bonds is 7. The van der Waals surface area contributed by atoms with Crippen molar-refractivity contribution in [3.63, 3.8) is 0 Å². The maximum absolute atomic E-state index is 12.5. The summed E-state index contributed by atoms with van der Waals surface area (Å²) < 4.78 is 29.5. The summed E-state index contributed by atoms with van der Waals surface area (Å²) in [5, 5.41) is 2.87. The van der Waals surface area contributed by atoms with Crippen LogP contribution in [-0.4, -0.2) is 30.4 Å². The van der Waals surface area contributed by atoms with Crippen LogP contribution in [0.25, 0.3) is 0 Å². The van der Waals surface area contributed by atoms with Crippen molar-refractivity contribution in [2.24, 2.45) is 0 Å². The Balaban J connectivity index is 1.68. The van der Waals surface area contributed by atoms with Crippen LogP contribution in [0.2, 0.25) is 0 Å². The summed E-state index contributed by atoms with van der Waals surface area (Å²) in [6, 6.07) is 6.95. The van der Waals surface area contributed by atoms with Gasteiger partial charge in [0.2, 0.25) is 0 Å². The molecule has 0 radical (unpaired) electrons. The Kier molecular flexibility index (Phi) is 5.73. The highest BCUT2D eigenvalue weighted by Gasteiger charge is 2.21. The van der Waals surface area contributed by atoms with Gasteiger partial charge in [-0.1, -0.05) is 19.1 Å². The van der Waals surface area contributed by atoms with Gasteiger partial charge in [-0.2, -0.15) is 0 Å². The first-order valence-corrected chi connectivity index (χ1v) is 10.4. The maximum atomic E-state index is 12.5. The number of nitrogens with one attached hydrogen (secondary N) is 2. The van der Waals surface area contributed by atoms with E-state index in [0.29, 0.717) is 12.1 Å². The molecule has 0 saturated heterocycles. The normalized spacial score (nSPS) is 14.0. The third-order valence-electron chi connectivity index (χ3n) is 4.35. The molecule has 0 spiro atoms. The van der Waals surface area contributed by atoms with Crippen LogP contribution in [0, 0.1) is 0 Å². The van der Waals surface area contributed by atoms with Gasteiger partial charge in [-0.25, -0.2) is 18.1 Å². The summed E-state index contributed by atoms with van der Waals surface area (Å²) in [6.45, 7) is 3.52. The van der Waals surface area contributed by atoms with Crippen molar-refractivity contribution in [1.29, 1.82) is 0 Å². The second-order valence-electron chi connectivity index (χ2n) is 6.43. The van der Waals surface area contributed by atoms with Crippen molar-refractivity contribution in [3.8, 4) is 0 Å². The molecule has 0 fully saturated rings. The number of hydrogen-bond acceptors (Lipinski definition) is 4. The number of aryl methyl sites for hydroxylation is 2. The van der Waals surface area contributed by atoms with Crippen LogP contribution in [-0.2, 0) is 29.5 Å². The van der Waals surface area contributed by atoms with Gasteiger partial charge in [0.1, 0.15) is 5.82 Å². The average Bonchev–Trinajstić information content (AvgIpc) is 3.10. The van der Waals surface area contributed by atoms with Crippen molar-refractivity contribution in [1.82, 2.24) is 19.6 Å². The van der Waals surface area contributed by atoms with Gasteiger partial charge in [-0.05, 0) is 37.0 Å². The molecule has 1 aromatic heterocycles. The zero-order valence-corrected chi connectivity index (χ0v) is 15.7. The first kappa shape index (κ1) is 18.6. The van der Waals surface area contributed by atoms with Crippen LogP contribution in [0.1, 0.15) is 47.9 Å². The zero-order valence-electron chi connectivity index (χ0n) is 14.9. The molecule has 3 rings (SSSR count). The Hall–Kier alpha value is -2.19. The predicted molar refractivity (Wildman–Crippen MR) is 98.3 cm³/mol. The number of benzene rings is 1. The molecule has 1 aliphatic rings. The minimum atomic E-state index is -3.68. The van der Waals surface area contributed by atoms with Gasteiger partial charge in [-0.15, -0.1) is 0 Å². The lowest BCUT2D eigenvalue weighted by Crippen LogP contribution is -2.25. The highest BCUT2D eigenvalue weighted by atomic mass is 32.2. The SMILES string of the molecule is CCCNC(=O)c1cccc(CNS(=O)(=O)c2cn3c(n2)CCCC3)c1. The lowest BCUT2D eigenvalue weighted by atomic mass is 10.1. The molecular weight excluding hydrogens is 352 g/mol. The van der Waals surface area contributed by atoms with Crippen molar-refractivity contribution < 1.29 is 13.2 Å². The Morgan fingerprint density at radius 2 is 2.15 bits per heavy atom. The fourth-order valence-corrected chi connectivity index (χ4v) is 3.93. The fraction of sp³-hybridized carbons (Fsp3) is 0.444. The molecule has 0 saturated carbocycles. The number of amides is 1. The van der Waals surface area contributed by atoms with Crippen LogP contribution in [0.3, 0.4) is 0 Å². The van der Waals surface area contributed by atoms with Crippen LogP contribution >= 0.6 is 0 Å². The van der Waals surface area contributed by atoms with E-state index < -0.39 is 10.0 Å². The molecule has 0 atom stereocenters. The van der Waals surface area contributed by atoms with E-state index in [-0.39, 0.29) is 17.5 Å². The van der Waals surface area contributed by atoms with E-state index in [0.717, 1.165) is 43.6 Å². The summed E-state index contributed by atoms with van der Waals surface area (Å²) >= 11 is 0. The molecule has 0 aliphatic carbocycles. The fourth-order valence-electron chi connectivity index (χ4n) is 2.93. The van der Waals surface area contributed by atoms with E-state index in [9.17, 15) is 13.2 Å². The number of imidazole rings is 1. The van der Waals surface area contributed by atoms with E-state index in [2.05, 4.69) is 15.0 Å². The molecule has 0 unspecified atom stereocenters. The van der Waals surface area contributed by atoms with Gasteiger partial charge >= 0.3 is 0 Å². The summed E-state index contributed by atoms with van der Waals surface area (Å²) in [6.07, 6.45) is 5.36. The van der Waals surface area contributed by atoms with Gasteiger partial charge in [0.05, 0.1) is 0 Å². The molecule has 2 aromatic rings. The van der Waals surface area contributed by atoms with Crippen molar-refractivity contribution in [3.05, 3.63) is 47.4 Å². The number of nitrogens with zero attached hydrogens (tertiary/aromatic N) is 2. The number of hydrogen-bond donors (Lipinski definition) is 2. The van der Waals surface area contributed by atoms with E-state index in [1.54, 1.807) is 30.5 Å². The van der Waals surface area contributed by atoms with Gasteiger partial charge in [0.15, 0.2) is 5.03 Å². The van der Waals surface area contributed by atoms with Crippen LogP contribution in [0.15, 0.2) is 35.5 Å². The maximum Gasteiger partial charge on any atom is 0.259 e. The van der Waals surface area contributed by atoms with E-state index in [1.165, 1.54) is 0 Å². The third-order valence-corrected chi connectivity index (χ3v) is 5.62. The Morgan fingerprint density at radius 1 is 1.31 bits per heavy atom. The second-order valence-corrected chi connectivity index (χ2v) is 8.14. The summed E-state index contributed by atoms with van der Waals surface area (Å²) in [5.74, 6) is 0.671. The lowest BCUT2D eigenvalue weighted by molar-refractivity contribution is 0.0953. The predicted octanol–water partition coefficient (Wildman–Crippen LogP) is 1.84. The molecule has 2 heterocycles. The van der Waals surface area contributed by atoms with Crippen LogP contribution in [0.4, 0.5) is 0 Å². The summed E-state index contributed by atoms with van der Waals surface area (Å²) in [4.78, 5) is 16.3. The number of sulfonamides is 1. The number of carbonyl (C=O) groups excluding carboxylic acids is 1. The molecule has 26 heavy (non-hydrogen) atoms. The highest BCUT2D eigenvalue weighted by Crippen LogP contribution is 2.17. The smallest absolute Gasteiger partial charge is 0.259 e. The molecule has 1 amide bonds. The van der Waals surface area contributed by atoms with E-state index in [1.807, 2.05) is 11.5 Å². The van der Waals surface area contributed by atoms with Crippen LogP contribution in [0.5, 0.6) is 0 Å². The minimum absolute atomic E-state index is 0.0613. The van der Waals surface area contributed by atoms with Crippen molar-refractivity contribution in [2.75, 3.05) is 6.54 Å². The lowest BCUT2D eigenvalue weighted by Gasteiger charge is -2.11. The average molecular weight is 376 g/mol. The van der Waals surface area contributed by atoms with Crippen molar-refractivity contribution >= 4 is 15.9 Å². The Morgan fingerprint density at radius 3 is 2.92 bits per heavy atom. The summed E-state index contributed by atoms with van der Waals surface area (Å²) in [5.41, 5.74) is 1.24. The van der Waals surface area contributed by atoms with Gasteiger partial charge in [-0.3, -0.25) is 4.79 Å². The van der Waals surface area contributed by atoms with Gasteiger partial charge in [0.25, 0.3) is 15.9 Å². The monoisotopic (exact) mass is 376 g/mol. The third kappa shape index (κ3) is 4.31. The molecule has 2 N–H and O–H groups in total. The largest absolute Gasteiger partial charge is 0.352 e. The van der Waals surface area contributed by atoms with E-state index >= 15 is 0 Å². The Bertz CT molecular complexity index is 866. The Labute approximate surface area is 153 Å². The first-order valence-electron chi connectivity index (χ1n) is 8.92. The molecule has 1 aliphatic heterocycles. The van der Waals surface area contributed by atoms with Crippen LogP contribution < -0.4 is 10.0 Å². The standard InChI is InChI=1S/C18H24N4O3S/c1-2-9-19-18(23)15-7-5-6-14(11-15)12-20-26(24,25)17-13-22-10-4-3-8-16(22)21-17/h5-7,11,13,20H,2-4,8-10,12H2,1H3,(H,19,23). The minimum Gasteiger partial charge on any atom is -0.352 e. The molecule has 8 heteroatoms. The van der Waals surface area contributed by atoms with Gasteiger partial charge < -0.3 is 9.88 Å². The highest BCUT2D eigenvalue weighted by molar-refractivity contribution is 7.89. The number of aromatic nitrogens is 2. The molecule has 0 bridgehead atoms. The molecule has 140 valence electrons. The topological polar surface area (TPSA) is 93.1 Å². The quantitative estimate of drug-likeness (QED) is 0.771. The second kappa shape index (κ2) is 8.01. The van der Waals surface area contributed by atoms with E-state index in [4.69, 9.17) is 0 Å². The summed E-state index contributed by atoms with van der Waals surface area (Å²) in [7, 11) is -3.68. The first-order chi connectivity index (χ1) is 12.5. The molecule has 7 nitrogen and oxygen atoms in total.